The van der Waals surface area contributed by atoms with Crippen molar-refractivity contribution in [2.75, 3.05) is 31.4 Å². The highest BCUT2D eigenvalue weighted by Gasteiger charge is 2.19. The first-order valence-corrected chi connectivity index (χ1v) is 10.6. The SMILES string of the molecule is CN(C(=O)Nc1ccc(Oc2cccc(F)c2)cn1)c1cccc(S(=O)(=O)N(C)C)c1. The van der Waals surface area contributed by atoms with Crippen LogP contribution in [0.25, 0.3) is 0 Å². The Hall–Kier alpha value is -3.50. The smallest absolute Gasteiger partial charge is 0.327 e. The molecule has 0 fully saturated rings. The molecule has 0 unspecified atom stereocenters. The second-order valence-corrected chi connectivity index (χ2v) is 8.86. The Bertz CT molecular complexity index is 1180. The number of carbonyl (C=O) groups excluding carboxylic acids is 1. The van der Waals surface area contributed by atoms with E-state index in [1.54, 1.807) is 24.3 Å². The van der Waals surface area contributed by atoms with Crippen molar-refractivity contribution < 1.29 is 22.3 Å². The molecule has 0 aliphatic carbocycles. The number of hydrogen-bond acceptors (Lipinski definition) is 5. The van der Waals surface area contributed by atoms with Crippen LogP contribution >= 0.6 is 0 Å². The summed E-state index contributed by atoms with van der Waals surface area (Å²) in [5.41, 5.74) is 0.395. The molecule has 2 aromatic carbocycles. The molecule has 0 saturated carbocycles. The van der Waals surface area contributed by atoms with E-state index >= 15 is 0 Å². The lowest BCUT2D eigenvalue weighted by Gasteiger charge is -2.19. The Balaban J connectivity index is 1.69. The lowest BCUT2D eigenvalue weighted by Crippen LogP contribution is -2.31. The van der Waals surface area contributed by atoms with E-state index in [2.05, 4.69) is 10.3 Å². The molecule has 1 heterocycles. The Labute approximate surface area is 179 Å². The van der Waals surface area contributed by atoms with Gasteiger partial charge in [-0.1, -0.05) is 12.1 Å². The number of sulfonamides is 1. The second-order valence-electron chi connectivity index (χ2n) is 6.71. The van der Waals surface area contributed by atoms with Crippen LogP contribution in [-0.2, 0) is 10.0 Å². The summed E-state index contributed by atoms with van der Waals surface area (Å²) < 4.78 is 44.5. The number of amides is 2. The summed E-state index contributed by atoms with van der Waals surface area (Å²) in [6, 6.07) is 14.4. The van der Waals surface area contributed by atoms with Crippen molar-refractivity contribution >= 4 is 27.6 Å². The van der Waals surface area contributed by atoms with Crippen LogP contribution in [0.3, 0.4) is 0 Å². The van der Waals surface area contributed by atoms with Crippen molar-refractivity contribution in [2.45, 2.75) is 4.90 Å². The van der Waals surface area contributed by atoms with E-state index in [1.807, 2.05) is 0 Å². The number of aromatic nitrogens is 1. The van der Waals surface area contributed by atoms with Crippen molar-refractivity contribution in [2.24, 2.45) is 0 Å². The lowest BCUT2D eigenvalue weighted by molar-refractivity contribution is 0.258. The van der Waals surface area contributed by atoms with E-state index in [9.17, 15) is 17.6 Å². The normalized spacial score (nSPS) is 11.3. The van der Waals surface area contributed by atoms with Crippen molar-refractivity contribution in [1.82, 2.24) is 9.29 Å². The first-order valence-electron chi connectivity index (χ1n) is 9.13. The van der Waals surface area contributed by atoms with E-state index in [0.717, 1.165) is 4.31 Å². The van der Waals surface area contributed by atoms with E-state index in [-0.39, 0.29) is 10.7 Å². The van der Waals surface area contributed by atoms with E-state index in [4.69, 9.17) is 4.74 Å². The van der Waals surface area contributed by atoms with Crippen LogP contribution in [0.1, 0.15) is 0 Å². The fourth-order valence-corrected chi connectivity index (χ4v) is 3.50. The van der Waals surface area contributed by atoms with Crippen molar-refractivity contribution in [3.05, 3.63) is 72.7 Å². The number of nitrogens with zero attached hydrogens (tertiary/aromatic N) is 3. The van der Waals surface area contributed by atoms with Crippen LogP contribution in [0.2, 0.25) is 0 Å². The molecule has 1 N–H and O–H groups in total. The van der Waals surface area contributed by atoms with E-state index < -0.39 is 21.9 Å². The first-order chi connectivity index (χ1) is 14.7. The van der Waals surface area contributed by atoms with Crippen molar-refractivity contribution in [3.63, 3.8) is 0 Å². The van der Waals surface area contributed by atoms with Gasteiger partial charge in [0.1, 0.15) is 23.1 Å². The number of halogens is 1. The van der Waals surface area contributed by atoms with Crippen LogP contribution in [-0.4, -0.2) is 44.9 Å². The first kappa shape index (κ1) is 22.2. The number of hydrogen-bond donors (Lipinski definition) is 1. The zero-order valence-corrected chi connectivity index (χ0v) is 17.9. The predicted octanol–water partition coefficient (Wildman–Crippen LogP) is 3.93. The van der Waals surface area contributed by atoms with Crippen LogP contribution in [0.4, 0.5) is 20.7 Å². The Morgan fingerprint density at radius 2 is 1.74 bits per heavy atom. The van der Waals surface area contributed by atoms with E-state index in [1.165, 1.54) is 68.6 Å². The molecule has 10 heteroatoms. The minimum absolute atomic E-state index is 0.0756. The summed E-state index contributed by atoms with van der Waals surface area (Å²) >= 11 is 0. The zero-order chi connectivity index (χ0) is 22.6. The third kappa shape index (κ3) is 5.36. The molecule has 0 saturated heterocycles. The summed E-state index contributed by atoms with van der Waals surface area (Å²) in [7, 11) is 0.759. The van der Waals surface area contributed by atoms with Gasteiger partial charge in [-0.3, -0.25) is 10.2 Å². The molecule has 0 aliphatic rings. The number of carbonyl (C=O) groups is 1. The molecule has 0 spiro atoms. The predicted molar refractivity (Wildman–Crippen MR) is 115 cm³/mol. The molecule has 31 heavy (non-hydrogen) atoms. The maximum absolute atomic E-state index is 13.2. The van der Waals surface area contributed by atoms with Gasteiger partial charge in [-0.15, -0.1) is 0 Å². The summed E-state index contributed by atoms with van der Waals surface area (Å²) in [5.74, 6) is 0.546. The van der Waals surface area contributed by atoms with Gasteiger partial charge in [0.25, 0.3) is 0 Å². The number of urea groups is 1. The Morgan fingerprint density at radius 3 is 2.39 bits per heavy atom. The molecule has 8 nitrogen and oxygen atoms in total. The number of pyridine rings is 1. The van der Waals surface area contributed by atoms with Gasteiger partial charge in [-0.25, -0.2) is 26.9 Å². The number of rotatable bonds is 6. The zero-order valence-electron chi connectivity index (χ0n) is 17.1. The second kappa shape index (κ2) is 9.11. The van der Waals surface area contributed by atoms with Gasteiger partial charge in [0.2, 0.25) is 10.0 Å². The summed E-state index contributed by atoms with van der Waals surface area (Å²) in [4.78, 5) is 18.0. The molecule has 162 valence electrons. The van der Waals surface area contributed by atoms with Gasteiger partial charge >= 0.3 is 6.03 Å². The molecular formula is C21H21FN4O4S. The van der Waals surface area contributed by atoms with Gasteiger partial charge in [0.05, 0.1) is 11.1 Å². The maximum Gasteiger partial charge on any atom is 0.327 e. The highest BCUT2D eigenvalue weighted by atomic mass is 32.2. The topological polar surface area (TPSA) is 91.8 Å². The number of ether oxygens (including phenoxy) is 1. The molecule has 0 bridgehead atoms. The van der Waals surface area contributed by atoms with Gasteiger partial charge in [0, 0.05) is 32.9 Å². The monoisotopic (exact) mass is 444 g/mol. The Kier molecular flexibility index (Phi) is 6.52. The quantitative estimate of drug-likeness (QED) is 0.622. The van der Waals surface area contributed by atoms with Gasteiger partial charge < -0.3 is 4.74 Å². The van der Waals surface area contributed by atoms with Gasteiger partial charge in [-0.2, -0.15) is 0 Å². The summed E-state index contributed by atoms with van der Waals surface area (Å²) in [6.45, 7) is 0. The fourth-order valence-electron chi connectivity index (χ4n) is 2.56. The van der Waals surface area contributed by atoms with Crippen LogP contribution in [0.15, 0.2) is 71.8 Å². The molecule has 0 aliphatic heterocycles. The molecule has 2 amide bonds. The standard InChI is InChI=1S/C21H21FN4O4S/c1-25(2)31(28,29)19-9-5-7-16(13-19)26(3)21(27)24-20-11-10-18(14-23-20)30-17-8-4-6-15(22)12-17/h4-14H,1-3H3,(H,23,24,27). The maximum atomic E-state index is 13.2. The molecule has 3 rings (SSSR count). The lowest BCUT2D eigenvalue weighted by atomic mass is 10.3. The van der Waals surface area contributed by atoms with Crippen LogP contribution < -0.4 is 15.0 Å². The van der Waals surface area contributed by atoms with Crippen LogP contribution in [0, 0.1) is 5.82 Å². The molecule has 1 aromatic heterocycles. The highest BCUT2D eigenvalue weighted by Crippen LogP contribution is 2.23. The van der Waals surface area contributed by atoms with Crippen molar-refractivity contribution in [3.8, 4) is 11.5 Å². The molecule has 0 atom stereocenters. The third-order valence-electron chi connectivity index (χ3n) is 4.29. The minimum Gasteiger partial charge on any atom is -0.456 e. The summed E-state index contributed by atoms with van der Waals surface area (Å²) in [6.07, 6.45) is 1.39. The largest absolute Gasteiger partial charge is 0.456 e. The average Bonchev–Trinajstić information content (AvgIpc) is 2.74. The van der Waals surface area contributed by atoms with Crippen molar-refractivity contribution in [1.29, 1.82) is 0 Å². The molecular weight excluding hydrogens is 423 g/mol. The fraction of sp³-hybridized carbons (Fsp3) is 0.143. The number of anilines is 2. The number of nitrogens with one attached hydrogen (secondary N) is 1. The van der Waals surface area contributed by atoms with Gasteiger partial charge in [0.15, 0.2) is 0 Å². The highest BCUT2D eigenvalue weighted by molar-refractivity contribution is 7.89. The molecule has 0 radical (unpaired) electrons. The number of benzene rings is 2. The third-order valence-corrected chi connectivity index (χ3v) is 6.10. The summed E-state index contributed by atoms with van der Waals surface area (Å²) in [5, 5.41) is 2.62. The minimum atomic E-state index is -3.63. The van der Waals surface area contributed by atoms with Gasteiger partial charge in [-0.05, 0) is 42.5 Å². The Morgan fingerprint density at radius 1 is 1.00 bits per heavy atom. The van der Waals surface area contributed by atoms with Crippen LogP contribution in [0.5, 0.6) is 11.5 Å². The van der Waals surface area contributed by atoms with E-state index in [0.29, 0.717) is 17.2 Å². The average molecular weight is 444 g/mol. The molecule has 3 aromatic rings.